The zero-order valence-electron chi connectivity index (χ0n) is 21.1. The van der Waals surface area contributed by atoms with E-state index in [9.17, 15) is 9.59 Å². The van der Waals surface area contributed by atoms with E-state index in [0.717, 1.165) is 22.5 Å². The van der Waals surface area contributed by atoms with E-state index in [1.54, 1.807) is 12.1 Å². The molecule has 7 nitrogen and oxygen atoms in total. The van der Waals surface area contributed by atoms with Crippen LogP contribution in [0.4, 0.5) is 5.95 Å². The number of aromatic nitrogens is 2. The number of nitrogens with zero attached hydrogens (tertiary/aromatic N) is 1. The Morgan fingerprint density at radius 2 is 1.71 bits per heavy atom. The number of aromatic amines is 1. The number of nitrogens with one attached hydrogen (secondary N) is 3. The molecule has 1 heterocycles. The van der Waals surface area contributed by atoms with Crippen molar-refractivity contribution in [3.63, 3.8) is 0 Å². The highest BCUT2D eigenvalue weighted by Gasteiger charge is 2.25. The van der Waals surface area contributed by atoms with Gasteiger partial charge < -0.3 is 20.7 Å². The Bertz CT molecular complexity index is 1060. The molecule has 4 N–H and O–H groups in total. The molecule has 3 aromatic rings. The number of hydrogen-bond donors (Lipinski definition) is 4. The number of benzene rings is 2. The number of hydrogen-bond acceptors (Lipinski definition) is 4. The number of H-pyrrole nitrogens is 1. The van der Waals surface area contributed by atoms with Gasteiger partial charge in [0.15, 0.2) is 0 Å². The summed E-state index contributed by atoms with van der Waals surface area (Å²) in [4.78, 5) is 30.0. The summed E-state index contributed by atoms with van der Waals surface area (Å²) in [6, 6.07) is 14.9. The third-order valence-electron chi connectivity index (χ3n) is 6.52. The summed E-state index contributed by atoms with van der Waals surface area (Å²) in [5.74, 6) is 0.475. The van der Waals surface area contributed by atoms with Crippen molar-refractivity contribution in [3.8, 4) is 0 Å². The Morgan fingerprint density at radius 1 is 1.03 bits per heavy atom. The number of aliphatic carboxylic acids is 1. The van der Waals surface area contributed by atoms with Gasteiger partial charge in [0.05, 0.1) is 17.5 Å². The van der Waals surface area contributed by atoms with Crippen molar-refractivity contribution in [2.75, 3.05) is 11.9 Å². The smallest absolute Gasteiger partial charge is 0.305 e. The molecule has 1 fully saturated rings. The largest absolute Gasteiger partial charge is 0.481 e. The molecular weight excluding hydrogens is 440 g/mol. The van der Waals surface area contributed by atoms with E-state index in [0.29, 0.717) is 23.5 Å². The Balaban J connectivity index is 0.000000287. The number of carboxylic acids is 1. The Hall–Kier alpha value is -3.35. The number of fused-ring (bicyclic) bond motifs is 1. The van der Waals surface area contributed by atoms with Crippen LogP contribution in [0.5, 0.6) is 0 Å². The van der Waals surface area contributed by atoms with E-state index < -0.39 is 5.97 Å². The van der Waals surface area contributed by atoms with Gasteiger partial charge in [0.1, 0.15) is 0 Å². The molecule has 0 bridgehead atoms. The molecule has 35 heavy (non-hydrogen) atoms. The summed E-state index contributed by atoms with van der Waals surface area (Å²) in [6.45, 7) is 7.82. The number of imidazole rings is 1. The average molecular weight is 479 g/mol. The molecule has 4 rings (SSSR count). The maximum absolute atomic E-state index is 11.9. The van der Waals surface area contributed by atoms with E-state index in [1.165, 1.54) is 32.1 Å². The van der Waals surface area contributed by atoms with E-state index in [4.69, 9.17) is 5.11 Å². The highest BCUT2D eigenvalue weighted by Crippen LogP contribution is 2.37. The molecule has 1 aromatic heterocycles. The molecule has 0 unspecified atom stereocenters. The molecule has 0 aliphatic heterocycles. The maximum atomic E-state index is 11.9. The van der Waals surface area contributed by atoms with E-state index >= 15 is 0 Å². The summed E-state index contributed by atoms with van der Waals surface area (Å²) in [7, 11) is 0. The first-order chi connectivity index (χ1) is 16.7. The first-order valence-electron chi connectivity index (χ1n) is 12.5. The van der Waals surface area contributed by atoms with Crippen molar-refractivity contribution in [2.45, 2.75) is 65.8 Å². The van der Waals surface area contributed by atoms with Gasteiger partial charge >= 0.3 is 5.97 Å². The van der Waals surface area contributed by atoms with E-state index in [2.05, 4.69) is 41.4 Å². The highest BCUT2D eigenvalue weighted by molar-refractivity contribution is 5.94. The van der Waals surface area contributed by atoms with Gasteiger partial charge in [-0.15, -0.1) is 0 Å². The van der Waals surface area contributed by atoms with Gasteiger partial charge in [-0.3, -0.25) is 9.59 Å². The molecule has 1 saturated carbocycles. The number of carbonyl (C=O) groups excluding carboxylic acids is 1. The normalized spacial score (nSPS) is 14.1. The van der Waals surface area contributed by atoms with E-state index in [-0.39, 0.29) is 18.9 Å². The van der Waals surface area contributed by atoms with Gasteiger partial charge in [-0.25, -0.2) is 4.98 Å². The summed E-state index contributed by atoms with van der Waals surface area (Å²) >= 11 is 0. The van der Waals surface area contributed by atoms with Crippen molar-refractivity contribution in [1.29, 1.82) is 0 Å². The highest BCUT2D eigenvalue weighted by atomic mass is 16.4. The number of para-hydroxylation sites is 2. The molecule has 0 saturated heterocycles. The molecule has 1 aliphatic carbocycles. The number of amides is 1. The van der Waals surface area contributed by atoms with Crippen LogP contribution < -0.4 is 10.6 Å². The lowest BCUT2D eigenvalue weighted by Gasteiger charge is -2.33. The number of carboxylic acid groups (broad SMARTS) is 1. The first kappa shape index (κ1) is 26.3. The van der Waals surface area contributed by atoms with Crippen LogP contribution in [-0.2, 0) is 11.3 Å². The van der Waals surface area contributed by atoms with Crippen LogP contribution >= 0.6 is 0 Å². The minimum Gasteiger partial charge on any atom is -0.481 e. The van der Waals surface area contributed by atoms with Crippen molar-refractivity contribution < 1.29 is 14.7 Å². The molecule has 188 valence electrons. The average Bonchev–Trinajstić information content (AvgIpc) is 3.26. The number of rotatable bonds is 7. The van der Waals surface area contributed by atoms with Crippen molar-refractivity contribution >= 4 is 28.9 Å². The molecular formula is C28H38N4O3. The molecule has 0 atom stereocenters. The SMILES string of the molecule is CC(C)(C)C1CCCCC1.O=C(O)CCNC(=O)c1ccc(CNc2nc3ccccc3[nH]2)cc1. The zero-order chi connectivity index (χ0) is 25.3. The lowest BCUT2D eigenvalue weighted by atomic mass is 9.72. The van der Waals surface area contributed by atoms with Gasteiger partial charge in [-0.1, -0.05) is 64.3 Å². The van der Waals surface area contributed by atoms with Crippen LogP contribution in [0.3, 0.4) is 0 Å². The van der Waals surface area contributed by atoms with Crippen LogP contribution in [0.1, 0.15) is 75.2 Å². The van der Waals surface area contributed by atoms with Gasteiger partial charge in [0.2, 0.25) is 5.95 Å². The van der Waals surface area contributed by atoms with Crippen LogP contribution in [0.2, 0.25) is 0 Å². The predicted molar refractivity (Wildman–Crippen MR) is 140 cm³/mol. The minimum atomic E-state index is -0.938. The topological polar surface area (TPSA) is 107 Å². The standard InChI is InChI=1S/C18H18N4O3.C10H20/c23-16(24)9-10-19-17(25)13-7-5-12(6-8-13)11-20-18-21-14-3-1-2-4-15(14)22-18;1-10(2,3)9-7-5-4-6-8-9/h1-8H,9-11H2,(H,19,25)(H,23,24)(H2,20,21,22);9H,4-8H2,1-3H3. The molecule has 7 heteroatoms. The fourth-order valence-electron chi connectivity index (χ4n) is 4.35. The van der Waals surface area contributed by atoms with Crippen LogP contribution in [0, 0.1) is 11.3 Å². The van der Waals surface area contributed by atoms with Gasteiger partial charge in [0, 0.05) is 18.7 Å². The monoisotopic (exact) mass is 478 g/mol. The molecule has 0 radical (unpaired) electrons. The molecule has 1 aliphatic rings. The van der Waals surface area contributed by atoms with Crippen LogP contribution in [0.25, 0.3) is 11.0 Å². The first-order valence-corrected chi connectivity index (χ1v) is 12.5. The van der Waals surface area contributed by atoms with Crippen LogP contribution in [-0.4, -0.2) is 33.5 Å². The summed E-state index contributed by atoms with van der Waals surface area (Å²) in [6.07, 6.45) is 7.29. The summed E-state index contributed by atoms with van der Waals surface area (Å²) in [5, 5.41) is 14.4. The third-order valence-corrected chi connectivity index (χ3v) is 6.52. The van der Waals surface area contributed by atoms with Gasteiger partial charge in [-0.05, 0) is 54.0 Å². The van der Waals surface area contributed by atoms with Crippen molar-refractivity contribution in [3.05, 3.63) is 59.7 Å². The second-order valence-corrected chi connectivity index (χ2v) is 10.3. The maximum Gasteiger partial charge on any atom is 0.305 e. The zero-order valence-corrected chi connectivity index (χ0v) is 21.1. The fourth-order valence-corrected chi connectivity index (χ4v) is 4.35. The summed E-state index contributed by atoms with van der Waals surface area (Å²) < 4.78 is 0. The molecule has 2 aromatic carbocycles. The fraction of sp³-hybridized carbons (Fsp3) is 0.464. The Labute approximate surface area is 207 Å². The Kier molecular flexibility index (Phi) is 9.29. The minimum absolute atomic E-state index is 0.0920. The van der Waals surface area contributed by atoms with E-state index in [1.807, 2.05) is 36.4 Å². The second kappa shape index (κ2) is 12.4. The number of carbonyl (C=O) groups is 2. The second-order valence-electron chi connectivity index (χ2n) is 10.3. The predicted octanol–water partition coefficient (Wildman–Crippen LogP) is 5.99. The lowest BCUT2D eigenvalue weighted by molar-refractivity contribution is -0.136. The summed E-state index contributed by atoms with van der Waals surface area (Å²) in [5.41, 5.74) is 3.94. The van der Waals surface area contributed by atoms with Gasteiger partial charge in [0.25, 0.3) is 5.91 Å². The Morgan fingerprint density at radius 3 is 2.31 bits per heavy atom. The molecule has 1 amide bonds. The third kappa shape index (κ3) is 8.42. The van der Waals surface area contributed by atoms with Crippen molar-refractivity contribution in [1.82, 2.24) is 15.3 Å². The lowest BCUT2D eigenvalue weighted by Crippen LogP contribution is -2.25. The number of anilines is 1. The quantitative estimate of drug-likeness (QED) is 0.333. The van der Waals surface area contributed by atoms with Crippen LogP contribution in [0.15, 0.2) is 48.5 Å². The van der Waals surface area contributed by atoms with Gasteiger partial charge in [-0.2, -0.15) is 0 Å². The van der Waals surface area contributed by atoms with Crippen molar-refractivity contribution in [2.24, 2.45) is 11.3 Å². The molecule has 0 spiro atoms.